The molecular weight excluding hydrogens is 318 g/mol. The highest BCUT2D eigenvalue weighted by Crippen LogP contribution is 2.26. The molecule has 2 aliphatic rings. The van der Waals surface area contributed by atoms with Gasteiger partial charge in [0.25, 0.3) is 0 Å². The molecule has 0 aromatic heterocycles. The Labute approximate surface area is 151 Å². The van der Waals surface area contributed by atoms with Crippen LogP contribution in [0.4, 0.5) is 0 Å². The van der Waals surface area contributed by atoms with Gasteiger partial charge in [0.1, 0.15) is 0 Å². The van der Waals surface area contributed by atoms with E-state index in [0.717, 1.165) is 44.8 Å². The Balaban J connectivity index is 1.53. The third kappa shape index (κ3) is 7.74. The van der Waals surface area contributed by atoms with E-state index in [1.54, 1.807) is 0 Å². The van der Waals surface area contributed by atoms with E-state index in [1.165, 1.54) is 38.5 Å². The molecule has 6 heteroatoms. The molecule has 1 heterocycles. The van der Waals surface area contributed by atoms with Gasteiger partial charge in [0.05, 0.1) is 13.1 Å². The van der Waals surface area contributed by atoms with Crippen LogP contribution in [0.5, 0.6) is 0 Å². The van der Waals surface area contributed by atoms with Crippen LogP contribution in [0.15, 0.2) is 0 Å². The lowest BCUT2D eigenvalue weighted by atomic mass is 9.86. The largest absolute Gasteiger partial charge is 0.480 e. The molecule has 6 nitrogen and oxygen atoms in total. The first-order valence-electron chi connectivity index (χ1n) is 9.95. The van der Waals surface area contributed by atoms with Crippen LogP contribution in [-0.4, -0.2) is 72.6 Å². The van der Waals surface area contributed by atoms with Crippen molar-refractivity contribution in [1.29, 1.82) is 0 Å². The van der Waals surface area contributed by atoms with Gasteiger partial charge in [-0.3, -0.25) is 19.4 Å². The smallest absolute Gasteiger partial charge is 0.317 e. The summed E-state index contributed by atoms with van der Waals surface area (Å²) in [5.41, 5.74) is 0. The fraction of sp³-hybridized carbons (Fsp3) is 0.895. The van der Waals surface area contributed by atoms with Gasteiger partial charge in [-0.2, -0.15) is 0 Å². The molecule has 0 bridgehead atoms. The van der Waals surface area contributed by atoms with E-state index in [1.807, 2.05) is 11.9 Å². The molecule has 1 aliphatic heterocycles. The molecule has 1 aliphatic carbocycles. The SMILES string of the molecule is CN(CC(=O)O)C1CCN(CC(=O)NCCCC2CCCCC2)CC1. The minimum atomic E-state index is -0.780. The fourth-order valence-corrected chi connectivity index (χ4v) is 4.21. The molecule has 1 amide bonds. The Morgan fingerprint density at radius 3 is 2.44 bits per heavy atom. The standard InChI is InChI=1S/C19H35N3O3/c1-21(15-19(24)25)17-9-12-22(13-10-17)14-18(23)20-11-5-8-16-6-3-2-4-7-16/h16-17H,2-15H2,1H3,(H,20,23)(H,24,25). The summed E-state index contributed by atoms with van der Waals surface area (Å²) < 4.78 is 0. The van der Waals surface area contributed by atoms with Crippen molar-refractivity contribution in [3.05, 3.63) is 0 Å². The van der Waals surface area contributed by atoms with Gasteiger partial charge in [-0.25, -0.2) is 0 Å². The maximum atomic E-state index is 12.1. The second kappa shape index (κ2) is 10.8. The summed E-state index contributed by atoms with van der Waals surface area (Å²) in [6, 6.07) is 0.311. The Bertz CT molecular complexity index is 416. The van der Waals surface area contributed by atoms with E-state index < -0.39 is 5.97 Å². The van der Waals surface area contributed by atoms with Crippen molar-refractivity contribution < 1.29 is 14.7 Å². The van der Waals surface area contributed by atoms with Crippen LogP contribution >= 0.6 is 0 Å². The number of piperidine rings is 1. The molecule has 0 unspecified atom stereocenters. The second-order valence-corrected chi connectivity index (χ2v) is 7.81. The highest BCUT2D eigenvalue weighted by atomic mass is 16.4. The summed E-state index contributed by atoms with van der Waals surface area (Å²) in [4.78, 5) is 27.0. The first-order chi connectivity index (χ1) is 12.0. The number of aliphatic carboxylic acids is 1. The molecule has 0 atom stereocenters. The van der Waals surface area contributed by atoms with E-state index in [9.17, 15) is 9.59 Å². The Hall–Kier alpha value is -1.14. The summed E-state index contributed by atoms with van der Waals surface area (Å²) in [6.45, 7) is 3.09. The van der Waals surface area contributed by atoms with Crippen molar-refractivity contribution in [2.45, 2.75) is 63.8 Å². The lowest BCUT2D eigenvalue weighted by Gasteiger charge is -2.35. The normalized spacial score (nSPS) is 20.7. The number of carboxylic acids is 1. The molecule has 25 heavy (non-hydrogen) atoms. The van der Waals surface area contributed by atoms with Gasteiger partial charge in [0.2, 0.25) is 5.91 Å². The Kier molecular flexibility index (Phi) is 8.68. The number of carboxylic acid groups (broad SMARTS) is 1. The van der Waals surface area contributed by atoms with Gasteiger partial charge >= 0.3 is 5.97 Å². The number of nitrogens with zero attached hydrogens (tertiary/aromatic N) is 2. The third-order valence-corrected chi connectivity index (χ3v) is 5.77. The zero-order valence-electron chi connectivity index (χ0n) is 15.7. The summed E-state index contributed by atoms with van der Waals surface area (Å²) >= 11 is 0. The lowest BCUT2D eigenvalue weighted by molar-refractivity contribution is -0.138. The van der Waals surface area contributed by atoms with Crippen LogP contribution in [0.25, 0.3) is 0 Å². The minimum Gasteiger partial charge on any atom is -0.480 e. The first-order valence-corrected chi connectivity index (χ1v) is 9.95. The number of nitrogens with one attached hydrogen (secondary N) is 1. The number of likely N-dealkylation sites (tertiary alicyclic amines) is 1. The van der Waals surface area contributed by atoms with E-state index in [-0.39, 0.29) is 12.5 Å². The Morgan fingerprint density at radius 1 is 1.12 bits per heavy atom. The highest BCUT2D eigenvalue weighted by Gasteiger charge is 2.24. The molecule has 0 aromatic carbocycles. The minimum absolute atomic E-state index is 0.0894. The van der Waals surface area contributed by atoms with Crippen LogP contribution < -0.4 is 5.32 Å². The van der Waals surface area contributed by atoms with Crippen LogP contribution in [0, 0.1) is 5.92 Å². The predicted octanol–water partition coefficient (Wildman–Crippen LogP) is 1.94. The average Bonchev–Trinajstić information content (AvgIpc) is 2.60. The van der Waals surface area contributed by atoms with Crippen LogP contribution in [0.3, 0.4) is 0 Å². The van der Waals surface area contributed by atoms with Gasteiger partial charge in [-0.1, -0.05) is 32.1 Å². The van der Waals surface area contributed by atoms with Gasteiger partial charge < -0.3 is 10.4 Å². The molecule has 1 saturated heterocycles. The highest BCUT2D eigenvalue weighted by molar-refractivity contribution is 5.78. The van der Waals surface area contributed by atoms with Crippen LogP contribution in [0.1, 0.15) is 57.8 Å². The van der Waals surface area contributed by atoms with E-state index >= 15 is 0 Å². The predicted molar refractivity (Wildman–Crippen MR) is 98.5 cm³/mol. The van der Waals surface area contributed by atoms with Crippen molar-refractivity contribution >= 4 is 11.9 Å². The molecular formula is C19H35N3O3. The van der Waals surface area contributed by atoms with Gasteiger partial charge in [-0.15, -0.1) is 0 Å². The number of hydrogen-bond acceptors (Lipinski definition) is 4. The van der Waals surface area contributed by atoms with Crippen LogP contribution in [-0.2, 0) is 9.59 Å². The summed E-state index contributed by atoms with van der Waals surface area (Å²) in [5.74, 6) is 0.228. The van der Waals surface area contributed by atoms with Gasteiger partial charge in [0, 0.05) is 25.7 Å². The maximum Gasteiger partial charge on any atom is 0.317 e. The number of carbonyl (C=O) groups excluding carboxylic acids is 1. The van der Waals surface area contributed by atoms with Gasteiger partial charge in [-0.05, 0) is 38.6 Å². The monoisotopic (exact) mass is 353 g/mol. The summed E-state index contributed by atoms with van der Waals surface area (Å²) in [5, 5.41) is 11.9. The quantitative estimate of drug-likeness (QED) is 0.620. The molecule has 0 spiro atoms. The molecule has 1 saturated carbocycles. The number of amides is 1. The maximum absolute atomic E-state index is 12.1. The molecule has 0 radical (unpaired) electrons. The zero-order valence-corrected chi connectivity index (χ0v) is 15.7. The first kappa shape index (κ1) is 20.2. The van der Waals surface area contributed by atoms with Crippen molar-refractivity contribution in [2.75, 3.05) is 39.8 Å². The second-order valence-electron chi connectivity index (χ2n) is 7.81. The topological polar surface area (TPSA) is 72.9 Å². The number of likely N-dealkylation sites (N-methyl/N-ethyl adjacent to an activating group) is 1. The zero-order chi connectivity index (χ0) is 18.1. The van der Waals surface area contributed by atoms with E-state index in [4.69, 9.17) is 5.11 Å². The molecule has 144 valence electrons. The van der Waals surface area contributed by atoms with Crippen molar-refractivity contribution in [3.8, 4) is 0 Å². The van der Waals surface area contributed by atoms with Crippen molar-refractivity contribution in [1.82, 2.24) is 15.1 Å². The van der Waals surface area contributed by atoms with Crippen molar-refractivity contribution in [3.63, 3.8) is 0 Å². The summed E-state index contributed by atoms with van der Waals surface area (Å²) in [7, 11) is 1.87. The van der Waals surface area contributed by atoms with Crippen molar-refractivity contribution in [2.24, 2.45) is 5.92 Å². The average molecular weight is 354 g/mol. The Morgan fingerprint density at radius 2 is 1.80 bits per heavy atom. The lowest BCUT2D eigenvalue weighted by Crippen LogP contribution is -2.47. The summed E-state index contributed by atoms with van der Waals surface area (Å²) in [6.07, 6.45) is 11.1. The van der Waals surface area contributed by atoms with Crippen LogP contribution in [0.2, 0.25) is 0 Å². The number of carbonyl (C=O) groups is 2. The van der Waals surface area contributed by atoms with E-state index in [2.05, 4.69) is 10.2 Å². The van der Waals surface area contributed by atoms with E-state index in [0.29, 0.717) is 12.6 Å². The molecule has 2 N–H and O–H groups in total. The van der Waals surface area contributed by atoms with Gasteiger partial charge in [0.15, 0.2) is 0 Å². The molecule has 2 fully saturated rings. The molecule has 0 aromatic rings. The number of rotatable bonds is 9. The molecule has 2 rings (SSSR count). The number of hydrogen-bond donors (Lipinski definition) is 2. The third-order valence-electron chi connectivity index (χ3n) is 5.77. The fourth-order valence-electron chi connectivity index (χ4n) is 4.21.